The molecule has 1 aromatic carbocycles. The zero-order valence-electron chi connectivity index (χ0n) is 13.1. The van der Waals surface area contributed by atoms with Gasteiger partial charge in [0.1, 0.15) is 17.3 Å². The van der Waals surface area contributed by atoms with Gasteiger partial charge in [0.2, 0.25) is 0 Å². The Bertz CT molecular complexity index is 916. The number of benzene rings is 1. The van der Waals surface area contributed by atoms with Crippen LogP contribution in [0.1, 0.15) is 12.7 Å². The summed E-state index contributed by atoms with van der Waals surface area (Å²) >= 11 is 1.04. The second-order valence-corrected chi connectivity index (χ2v) is 6.00. The number of thioether (sulfide) groups is 1. The molecule has 2 aromatic rings. The number of aliphatic imine (C=N–C) groups is 1. The van der Waals surface area contributed by atoms with Gasteiger partial charge in [-0.1, -0.05) is 0 Å². The van der Waals surface area contributed by atoms with Crippen LogP contribution in [0.3, 0.4) is 0 Å². The normalized spacial score (nSPS) is 15.5. The number of nitro groups is 1. The molecule has 25 heavy (non-hydrogen) atoms. The fraction of sp³-hybridized carbons (Fsp3) is 0.125. The largest absolute Gasteiger partial charge is 0.494 e. The molecule has 0 unspecified atom stereocenters. The molecule has 1 amide bonds. The number of furan rings is 1. The van der Waals surface area contributed by atoms with E-state index in [2.05, 4.69) is 4.99 Å². The molecule has 0 aliphatic carbocycles. The van der Waals surface area contributed by atoms with E-state index in [1.165, 1.54) is 12.1 Å². The van der Waals surface area contributed by atoms with E-state index >= 15 is 0 Å². The van der Waals surface area contributed by atoms with E-state index in [1.54, 1.807) is 31.2 Å². The Morgan fingerprint density at radius 1 is 1.40 bits per heavy atom. The fourth-order valence-electron chi connectivity index (χ4n) is 2.26. The number of carbonyl (C=O) groups is 1. The highest BCUT2D eigenvalue weighted by molar-refractivity contribution is 8.18. The first-order valence-corrected chi connectivity index (χ1v) is 8.09. The zero-order valence-corrected chi connectivity index (χ0v) is 13.9. The third-order valence-corrected chi connectivity index (χ3v) is 4.09. The van der Waals surface area contributed by atoms with Crippen LogP contribution < -0.4 is 10.5 Å². The summed E-state index contributed by atoms with van der Waals surface area (Å²) in [6, 6.07) is 7.77. The van der Waals surface area contributed by atoms with Gasteiger partial charge in [0.05, 0.1) is 28.1 Å². The molecular formula is C16H13N3O5S. The van der Waals surface area contributed by atoms with Gasteiger partial charge in [0.25, 0.3) is 11.6 Å². The van der Waals surface area contributed by atoms with Crippen LogP contribution in [0.15, 0.2) is 44.6 Å². The van der Waals surface area contributed by atoms with Crippen LogP contribution in [0.5, 0.6) is 5.75 Å². The lowest BCUT2D eigenvalue weighted by atomic mass is 10.1. The van der Waals surface area contributed by atoms with E-state index < -0.39 is 10.8 Å². The van der Waals surface area contributed by atoms with Crippen molar-refractivity contribution in [1.82, 2.24) is 0 Å². The highest BCUT2D eigenvalue weighted by atomic mass is 32.2. The maximum absolute atomic E-state index is 11.6. The Morgan fingerprint density at radius 3 is 2.84 bits per heavy atom. The predicted octanol–water partition coefficient (Wildman–Crippen LogP) is 3.18. The molecule has 0 spiro atoms. The van der Waals surface area contributed by atoms with E-state index in [-0.39, 0.29) is 10.9 Å². The topological polar surface area (TPSA) is 121 Å². The molecule has 1 aliphatic rings. The Labute approximate surface area is 146 Å². The van der Waals surface area contributed by atoms with Crippen LogP contribution in [0.25, 0.3) is 17.4 Å². The molecule has 0 radical (unpaired) electrons. The summed E-state index contributed by atoms with van der Waals surface area (Å²) in [6.07, 6.45) is 1.50. The first kappa shape index (κ1) is 16.8. The third-order valence-electron chi connectivity index (χ3n) is 3.28. The van der Waals surface area contributed by atoms with E-state index in [0.29, 0.717) is 34.3 Å². The SMILES string of the molecule is CCOc1ccc(-c2ccc(/C=C3\SC(N)=NC3=O)o2)c([N+](=O)[O-])c1. The minimum Gasteiger partial charge on any atom is -0.494 e. The number of rotatable bonds is 5. The van der Waals surface area contributed by atoms with Crippen LogP contribution in [-0.2, 0) is 4.79 Å². The number of hydrogen-bond donors (Lipinski definition) is 1. The lowest BCUT2D eigenvalue weighted by molar-refractivity contribution is -0.384. The number of amides is 1. The second-order valence-electron chi connectivity index (χ2n) is 4.94. The van der Waals surface area contributed by atoms with Gasteiger partial charge in [-0.3, -0.25) is 14.9 Å². The molecule has 8 nitrogen and oxygen atoms in total. The van der Waals surface area contributed by atoms with Crippen molar-refractivity contribution in [2.75, 3.05) is 6.61 Å². The fourth-order valence-corrected chi connectivity index (χ4v) is 2.92. The smallest absolute Gasteiger partial charge is 0.286 e. The highest BCUT2D eigenvalue weighted by Crippen LogP contribution is 2.35. The number of hydrogen-bond acceptors (Lipinski definition) is 7. The molecule has 0 saturated heterocycles. The average molecular weight is 359 g/mol. The molecule has 0 atom stereocenters. The molecule has 3 rings (SSSR count). The summed E-state index contributed by atoms with van der Waals surface area (Å²) in [4.78, 5) is 26.4. The average Bonchev–Trinajstić information content (AvgIpc) is 3.14. The molecular weight excluding hydrogens is 346 g/mol. The minimum atomic E-state index is -0.497. The molecule has 9 heteroatoms. The molecule has 0 saturated carbocycles. The lowest BCUT2D eigenvalue weighted by Gasteiger charge is -2.05. The van der Waals surface area contributed by atoms with Crippen molar-refractivity contribution in [3.63, 3.8) is 0 Å². The van der Waals surface area contributed by atoms with Crippen molar-refractivity contribution < 1.29 is 18.9 Å². The number of nitrogens with zero attached hydrogens (tertiary/aromatic N) is 2. The van der Waals surface area contributed by atoms with Crippen LogP contribution in [0.2, 0.25) is 0 Å². The van der Waals surface area contributed by atoms with Gasteiger partial charge in [-0.25, -0.2) is 0 Å². The molecule has 2 N–H and O–H groups in total. The van der Waals surface area contributed by atoms with Crippen molar-refractivity contribution >= 4 is 34.6 Å². The Balaban J connectivity index is 1.94. The van der Waals surface area contributed by atoms with Crippen LogP contribution in [-0.4, -0.2) is 22.6 Å². The third kappa shape index (κ3) is 3.56. The van der Waals surface area contributed by atoms with E-state index in [4.69, 9.17) is 14.9 Å². The van der Waals surface area contributed by atoms with Crippen molar-refractivity contribution in [2.24, 2.45) is 10.7 Å². The first-order chi connectivity index (χ1) is 12.0. The van der Waals surface area contributed by atoms with Crippen molar-refractivity contribution in [1.29, 1.82) is 0 Å². The summed E-state index contributed by atoms with van der Waals surface area (Å²) in [5.74, 6) is 0.657. The molecule has 0 fully saturated rings. The number of carbonyl (C=O) groups excluding carboxylic acids is 1. The summed E-state index contributed by atoms with van der Waals surface area (Å²) in [5.41, 5.74) is 5.68. The summed E-state index contributed by atoms with van der Waals surface area (Å²) in [6.45, 7) is 2.21. The van der Waals surface area contributed by atoms with E-state index in [1.807, 2.05) is 0 Å². The number of ether oxygens (including phenoxy) is 1. The van der Waals surface area contributed by atoms with Gasteiger partial charge < -0.3 is 14.9 Å². The highest BCUT2D eigenvalue weighted by Gasteiger charge is 2.22. The molecule has 2 heterocycles. The summed E-state index contributed by atoms with van der Waals surface area (Å²) in [7, 11) is 0. The number of nitrogens with two attached hydrogens (primary N) is 1. The minimum absolute atomic E-state index is 0.126. The number of amidine groups is 1. The van der Waals surface area contributed by atoms with Crippen molar-refractivity contribution in [3.05, 3.63) is 51.1 Å². The van der Waals surface area contributed by atoms with Gasteiger partial charge in [0, 0.05) is 6.08 Å². The van der Waals surface area contributed by atoms with Gasteiger partial charge in [0.15, 0.2) is 5.17 Å². The monoisotopic (exact) mass is 359 g/mol. The predicted molar refractivity (Wildman–Crippen MR) is 94.2 cm³/mol. The Kier molecular flexibility index (Phi) is 4.57. The van der Waals surface area contributed by atoms with E-state index in [0.717, 1.165) is 11.8 Å². The van der Waals surface area contributed by atoms with Gasteiger partial charge >= 0.3 is 0 Å². The molecule has 128 valence electrons. The summed E-state index contributed by atoms with van der Waals surface area (Å²) < 4.78 is 10.9. The lowest BCUT2D eigenvalue weighted by Crippen LogP contribution is -2.01. The van der Waals surface area contributed by atoms with Crippen molar-refractivity contribution in [2.45, 2.75) is 6.92 Å². The van der Waals surface area contributed by atoms with Gasteiger partial charge in [-0.2, -0.15) is 4.99 Å². The Hall–Kier alpha value is -3.07. The van der Waals surface area contributed by atoms with Crippen molar-refractivity contribution in [3.8, 4) is 17.1 Å². The van der Waals surface area contributed by atoms with Gasteiger partial charge in [-0.15, -0.1) is 0 Å². The molecule has 0 bridgehead atoms. The summed E-state index contributed by atoms with van der Waals surface area (Å²) in [5, 5.41) is 11.5. The zero-order chi connectivity index (χ0) is 18.0. The van der Waals surface area contributed by atoms with Gasteiger partial charge in [-0.05, 0) is 43.0 Å². The first-order valence-electron chi connectivity index (χ1n) is 7.27. The molecule has 1 aromatic heterocycles. The van der Waals surface area contributed by atoms with Crippen LogP contribution in [0, 0.1) is 10.1 Å². The van der Waals surface area contributed by atoms with E-state index in [9.17, 15) is 14.9 Å². The maximum atomic E-state index is 11.6. The van der Waals surface area contributed by atoms with Crippen LogP contribution in [0.4, 0.5) is 5.69 Å². The maximum Gasteiger partial charge on any atom is 0.286 e. The number of nitro benzene ring substituents is 1. The molecule has 1 aliphatic heterocycles. The standard InChI is InChI=1S/C16H13N3O5S/c1-2-23-9-3-5-11(12(7-9)19(21)22)13-6-4-10(24-13)8-14-15(20)18-16(17)25-14/h3-8H,2H2,1H3,(H2,17,18,20)/b14-8-. The Morgan fingerprint density at radius 2 is 2.20 bits per heavy atom. The quantitative estimate of drug-likeness (QED) is 0.494. The second kappa shape index (κ2) is 6.81. The van der Waals surface area contributed by atoms with Crippen LogP contribution >= 0.6 is 11.8 Å².